The van der Waals surface area contributed by atoms with Crippen LogP contribution in [0.15, 0.2) is 12.1 Å². The van der Waals surface area contributed by atoms with Gasteiger partial charge in [0.2, 0.25) is 0 Å². The van der Waals surface area contributed by atoms with Crippen molar-refractivity contribution in [2.24, 2.45) is 5.41 Å². The third kappa shape index (κ3) is 2.55. The van der Waals surface area contributed by atoms with Crippen LogP contribution < -0.4 is 0 Å². The maximum atomic E-state index is 10.2. The fraction of sp³-hybridized carbons (Fsp3) is 0.667. The van der Waals surface area contributed by atoms with Crippen molar-refractivity contribution in [3.8, 4) is 0 Å². The van der Waals surface area contributed by atoms with E-state index in [0.717, 1.165) is 23.6 Å². The van der Waals surface area contributed by atoms with Crippen molar-refractivity contribution in [2.45, 2.75) is 45.1 Å². The Morgan fingerprint density at radius 1 is 1.47 bits per heavy atom. The lowest BCUT2D eigenvalue weighted by Crippen LogP contribution is -2.31. The van der Waals surface area contributed by atoms with Crippen LogP contribution in [0.1, 0.15) is 37.5 Å². The minimum absolute atomic E-state index is 0.135. The molecular formula is C12H17ClOS. The van der Waals surface area contributed by atoms with Crippen molar-refractivity contribution in [1.82, 2.24) is 0 Å². The van der Waals surface area contributed by atoms with E-state index in [1.165, 1.54) is 17.7 Å². The standard InChI is InChI=1S/C12H17ClOS/c1-12(6-2-3-7-12)10(14)8-9-4-5-11(13)15-9/h4-5,10,14H,2-3,6-8H2,1H3. The Morgan fingerprint density at radius 3 is 2.67 bits per heavy atom. The molecule has 1 heterocycles. The van der Waals surface area contributed by atoms with Crippen LogP contribution in [0.3, 0.4) is 0 Å². The molecule has 1 unspecified atom stereocenters. The van der Waals surface area contributed by atoms with Crippen molar-refractivity contribution < 1.29 is 5.11 Å². The van der Waals surface area contributed by atoms with Gasteiger partial charge in [0.05, 0.1) is 10.4 Å². The predicted octanol–water partition coefficient (Wildman–Crippen LogP) is 3.89. The second-order valence-electron chi connectivity index (χ2n) is 4.79. The Labute approximate surface area is 100 Å². The molecule has 1 aliphatic rings. The Balaban J connectivity index is 1.99. The molecule has 0 aliphatic heterocycles. The van der Waals surface area contributed by atoms with Crippen LogP contribution in [0.25, 0.3) is 0 Å². The monoisotopic (exact) mass is 244 g/mol. The summed E-state index contributed by atoms with van der Waals surface area (Å²) < 4.78 is 0.814. The third-order valence-corrected chi connectivity index (χ3v) is 4.83. The number of aliphatic hydroxyl groups is 1. The predicted molar refractivity (Wildman–Crippen MR) is 65.6 cm³/mol. The van der Waals surface area contributed by atoms with E-state index in [9.17, 15) is 5.11 Å². The molecule has 1 aromatic heterocycles. The molecule has 0 aromatic carbocycles. The average molecular weight is 245 g/mol. The molecule has 1 nitrogen and oxygen atoms in total. The molecule has 1 saturated carbocycles. The molecular weight excluding hydrogens is 228 g/mol. The third-order valence-electron chi connectivity index (χ3n) is 3.57. The highest BCUT2D eigenvalue weighted by Gasteiger charge is 2.35. The summed E-state index contributed by atoms with van der Waals surface area (Å²) in [6.07, 6.45) is 5.39. The summed E-state index contributed by atoms with van der Waals surface area (Å²) in [6.45, 7) is 2.21. The van der Waals surface area contributed by atoms with Crippen molar-refractivity contribution in [3.63, 3.8) is 0 Å². The largest absolute Gasteiger partial charge is 0.392 e. The molecule has 0 saturated heterocycles. The maximum absolute atomic E-state index is 10.2. The number of thiophene rings is 1. The quantitative estimate of drug-likeness (QED) is 0.856. The number of halogens is 1. The van der Waals surface area contributed by atoms with Crippen LogP contribution in [0.2, 0.25) is 4.34 Å². The van der Waals surface area contributed by atoms with Gasteiger partial charge in [-0.25, -0.2) is 0 Å². The highest BCUT2D eigenvalue weighted by molar-refractivity contribution is 7.16. The molecule has 1 aromatic rings. The normalized spacial score (nSPS) is 21.8. The first-order valence-corrected chi connectivity index (χ1v) is 6.72. The molecule has 0 spiro atoms. The molecule has 84 valence electrons. The van der Waals surface area contributed by atoms with E-state index in [-0.39, 0.29) is 11.5 Å². The summed E-state index contributed by atoms with van der Waals surface area (Å²) in [6, 6.07) is 3.93. The van der Waals surface area contributed by atoms with Crippen molar-refractivity contribution in [2.75, 3.05) is 0 Å². The van der Waals surface area contributed by atoms with Gasteiger partial charge in [-0.15, -0.1) is 11.3 Å². The van der Waals surface area contributed by atoms with E-state index in [2.05, 4.69) is 6.92 Å². The van der Waals surface area contributed by atoms with Gasteiger partial charge in [-0.1, -0.05) is 31.4 Å². The molecule has 3 heteroatoms. The van der Waals surface area contributed by atoms with Gasteiger partial charge in [0, 0.05) is 11.3 Å². The first kappa shape index (κ1) is 11.4. The fourth-order valence-corrected chi connectivity index (χ4v) is 3.54. The van der Waals surface area contributed by atoms with Gasteiger partial charge in [0.1, 0.15) is 0 Å². The van der Waals surface area contributed by atoms with E-state index in [0.29, 0.717) is 0 Å². The second-order valence-corrected chi connectivity index (χ2v) is 6.59. The molecule has 0 amide bonds. The van der Waals surface area contributed by atoms with Crippen molar-refractivity contribution in [3.05, 3.63) is 21.3 Å². The summed E-state index contributed by atoms with van der Waals surface area (Å²) in [5.74, 6) is 0. The van der Waals surface area contributed by atoms with Gasteiger partial charge in [-0.05, 0) is 30.4 Å². The summed E-state index contributed by atoms with van der Waals surface area (Å²) in [5.41, 5.74) is 0.135. The molecule has 0 bridgehead atoms. The minimum Gasteiger partial charge on any atom is -0.392 e. The first-order chi connectivity index (χ1) is 7.10. The Morgan fingerprint density at radius 2 is 2.13 bits per heavy atom. The first-order valence-electron chi connectivity index (χ1n) is 5.52. The summed E-state index contributed by atoms with van der Waals surface area (Å²) in [7, 11) is 0. The van der Waals surface area contributed by atoms with E-state index < -0.39 is 0 Å². The van der Waals surface area contributed by atoms with E-state index in [4.69, 9.17) is 11.6 Å². The van der Waals surface area contributed by atoms with Crippen LogP contribution in [0, 0.1) is 5.41 Å². The Bertz CT molecular complexity index is 328. The van der Waals surface area contributed by atoms with Gasteiger partial charge in [-0.2, -0.15) is 0 Å². The molecule has 15 heavy (non-hydrogen) atoms. The molecule has 1 fully saturated rings. The summed E-state index contributed by atoms with van der Waals surface area (Å²) in [4.78, 5) is 1.20. The number of hydrogen-bond donors (Lipinski definition) is 1. The fourth-order valence-electron chi connectivity index (χ4n) is 2.41. The van der Waals surface area contributed by atoms with Gasteiger partial charge < -0.3 is 5.11 Å². The Hall–Kier alpha value is -0.0500. The van der Waals surface area contributed by atoms with Crippen LogP contribution in [-0.4, -0.2) is 11.2 Å². The SMILES string of the molecule is CC1(C(O)Cc2ccc(Cl)s2)CCCC1. The summed E-state index contributed by atoms with van der Waals surface area (Å²) >= 11 is 7.45. The zero-order valence-corrected chi connectivity index (χ0v) is 10.6. The van der Waals surface area contributed by atoms with Crippen LogP contribution in [0.5, 0.6) is 0 Å². The molecule has 1 atom stereocenters. The number of aliphatic hydroxyl groups excluding tert-OH is 1. The van der Waals surface area contributed by atoms with Gasteiger partial charge in [0.15, 0.2) is 0 Å². The number of hydrogen-bond acceptors (Lipinski definition) is 2. The lowest BCUT2D eigenvalue weighted by molar-refractivity contribution is 0.0430. The molecule has 2 rings (SSSR count). The lowest BCUT2D eigenvalue weighted by Gasteiger charge is -2.29. The van der Waals surface area contributed by atoms with Gasteiger partial charge in [-0.3, -0.25) is 0 Å². The highest BCUT2D eigenvalue weighted by atomic mass is 35.5. The van der Waals surface area contributed by atoms with Crippen LogP contribution in [-0.2, 0) is 6.42 Å². The molecule has 1 N–H and O–H groups in total. The zero-order chi connectivity index (χ0) is 10.9. The zero-order valence-electron chi connectivity index (χ0n) is 9.00. The van der Waals surface area contributed by atoms with E-state index >= 15 is 0 Å². The lowest BCUT2D eigenvalue weighted by atomic mass is 9.81. The maximum Gasteiger partial charge on any atom is 0.0931 e. The van der Waals surface area contributed by atoms with Crippen LogP contribution >= 0.6 is 22.9 Å². The Kier molecular flexibility index (Phi) is 3.39. The second kappa shape index (κ2) is 4.44. The van der Waals surface area contributed by atoms with E-state index in [1.54, 1.807) is 11.3 Å². The minimum atomic E-state index is -0.213. The molecule has 1 aliphatic carbocycles. The smallest absolute Gasteiger partial charge is 0.0931 e. The average Bonchev–Trinajstić information content (AvgIpc) is 2.76. The summed E-state index contributed by atoms with van der Waals surface area (Å²) in [5, 5.41) is 10.2. The van der Waals surface area contributed by atoms with Gasteiger partial charge in [0.25, 0.3) is 0 Å². The molecule has 0 radical (unpaired) electrons. The van der Waals surface area contributed by atoms with Gasteiger partial charge >= 0.3 is 0 Å². The van der Waals surface area contributed by atoms with Crippen molar-refractivity contribution in [1.29, 1.82) is 0 Å². The van der Waals surface area contributed by atoms with Crippen LogP contribution in [0.4, 0.5) is 0 Å². The van der Waals surface area contributed by atoms with Crippen molar-refractivity contribution >= 4 is 22.9 Å². The topological polar surface area (TPSA) is 20.2 Å². The van der Waals surface area contributed by atoms with E-state index in [1.807, 2.05) is 12.1 Å². The highest BCUT2D eigenvalue weighted by Crippen LogP contribution is 2.42. The number of rotatable bonds is 3.